The Labute approximate surface area is 179 Å². The molecule has 0 aliphatic rings. The summed E-state index contributed by atoms with van der Waals surface area (Å²) < 4.78 is 24.9. The summed E-state index contributed by atoms with van der Waals surface area (Å²) in [5, 5.41) is 9.56. The lowest BCUT2D eigenvalue weighted by Gasteiger charge is -2.16. The third-order valence-corrected chi connectivity index (χ3v) is 6.60. The van der Waals surface area contributed by atoms with Crippen LogP contribution in [-0.4, -0.2) is 41.9 Å². The van der Waals surface area contributed by atoms with Crippen LogP contribution in [0.3, 0.4) is 0 Å². The average Bonchev–Trinajstić information content (AvgIpc) is 3.23. The Bertz CT molecular complexity index is 1510. The molecule has 0 radical (unpaired) electrons. The van der Waals surface area contributed by atoms with Crippen molar-refractivity contribution in [2.75, 3.05) is 17.6 Å². The van der Waals surface area contributed by atoms with Gasteiger partial charge in [-0.15, -0.1) is 0 Å². The Morgan fingerprint density at radius 2 is 1.71 bits per heavy atom. The highest BCUT2D eigenvalue weighted by atomic mass is 32.2. The summed E-state index contributed by atoms with van der Waals surface area (Å²) in [4.78, 5) is 8.77. The second-order valence-corrected chi connectivity index (χ2v) is 9.38. The highest BCUT2D eigenvalue weighted by Gasteiger charge is 2.15. The maximum Gasteiger partial charge on any atom is 0.231 e. The maximum absolute atomic E-state index is 11.8. The summed E-state index contributed by atoms with van der Waals surface area (Å²) in [5.74, 6) is 0. The van der Waals surface area contributed by atoms with Gasteiger partial charge in [-0.05, 0) is 35.9 Å². The Balaban J connectivity index is 1.67. The van der Waals surface area contributed by atoms with Crippen LogP contribution in [0.15, 0.2) is 73.2 Å². The van der Waals surface area contributed by atoms with Crippen LogP contribution in [-0.2, 0) is 10.0 Å². The minimum Gasteiger partial charge on any atom is -0.276 e. The van der Waals surface area contributed by atoms with E-state index in [1.54, 1.807) is 24.5 Å². The molecule has 0 saturated heterocycles. The first-order chi connectivity index (χ1) is 14.9. The van der Waals surface area contributed by atoms with Gasteiger partial charge in [0, 0.05) is 41.3 Å². The van der Waals surface area contributed by atoms with Crippen LogP contribution in [0.2, 0.25) is 0 Å². The monoisotopic (exact) mass is 429 g/mol. The van der Waals surface area contributed by atoms with Crippen LogP contribution in [0.4, 0.5) is 5.69 Å². The van der Waals surface area contributed by atoms with Crippen molar-refractivity contribution in [3.63, 3.8) is 0 Å². The van der Waals surface area contributed by atoms with Crippen molar-refractivity contribution in [1.29, 1.82) is 0 Å². The number of H-pyrrole nitrogens is 1. The van der Waals surface area contributed by atoms with Gasteiger partial charge >= 0.3 is 0 Å². The van der Waals surface area contributed by atoms with E-state index in [9.17, 15) is 8.42 Å². The molecule has 0 spiro atoms. The fraction of sp³-hybridized carbons (Fsp3) is 0.0870. The van der Waals surface area contributed by atoms with Crippen molar-refractivity contribution in [2.45, 2.75) is 0 Å². The zero-order valence-electron chi connectivity index (χ0n) is 16.9. The molecule has 0 aliphatic carbocycles. The molecule has 0 saturated carbocycles. The van der Waals surface area contributed by atoms with Crippen molar-refractivity contribution >= 4 is 37.5 Å². The molecular weight excluding hydrogens is 410 g/mol. The first kappa shape index (κ1) is 19.2. The van der Waals surface area contributed by atoms with Crippen molar-refractivity contribution in [3.05, 3.63) is 73.2 Å². The van der Waals surface area contributed by atoms with Crippen molar-refractivity contribution in [1.82, 2.24) is 20.2 Å². The summed E-state index contributed by atoms with van der Waals surface area (Å²) in [6, 6.07) is 17.4. The van der Waals surface area contributed by atoms with E-state index in [0.29, 0.717) is 5.69 Å². The number of hydrogen-bond acceptors (Lipinski definition) is 5. The van der Waals surface area contributed by atoms with Gasteiger partial charge in [0.1, 0.15) is 5.69 Å². The molecule has 8 heteroatoms. The molecule has 0 atom stereocenters. The summed E-state index contributed by atoms with van der Waals surface area (Å²) in [5.41, 5.74) is 6.05. The minimum absolute atomic E-state index is 0.594. The Kier molecular flexibility index (Phi) is 4.44. The van der Waals surface area contributed by atoms with E-state index in [-0.39, 0.29) is 0 Å². The van der Waals surface area contributed by atoms with Crippen LogP contribution < -0.4 is 4.31 Å². The number of sulfonamides is 1. The Hall–Kier alpha value is -3.78. The lowest BCUT2D eigenvalue weighted by Crippen LogP contribution is -2.24. The largest absolute Gasteiger partial charge is 0.276 e. The van der Waals surface area contributed by atoms with E-state index in [1.807, 2.05) is 42.6 Å². The number of aromatic amines is 1. The number of rotatable bonds is 4. The molecule has 31 heavy (non-hydrogen) atoms. The quantitative estimate of drug-likeness (QED) is 0.461. The predicted octanol–water partition coefficient (Wildman–Crippen LogP) is 4.24. The Morgan fingerprint density at radius 1 is 0.935 bits per heavy atom. The molecule has 3 aromatic heterocycles. The number of aromatic nitrogens is 4. The number of nitrogens with one attached hydrogen (secondary N) is 1. The number of benzene rings is 2. The van der Waals surface area contributed by atoms with Gasteiger partial charge in [-0.1, -0.05) is 24.3 Å². The number of fused-ring (bicyclic) bond motifs is 3. The molecule has 0 unspecified atom stereocenters. The molecule has 1 N–H and O–H groups in total. The molecular formula is C23H19N5O2S. The zero-order valence-corrected chi connectivity index (χ0v) is 17.8. The zero-order chi connectivity index (χ0) is 21.6. The van der Waals surface area contributed by atoms with Gasteiger partial charge in [-0.25, -0.2) is 8.42 Å². The van der Waals surface area contributed by atoms with Gasteiger partial charge in [0.15, 0.2) is 0 Å². The number of anilines is 1. The van der Waals surface area contributed by atoms with E-state index < -0.39 is 10.0 Å². The normalized spacial score (nSPS) is 11.8. The van der Waals surface area contributed by atoms with Crippen LogP contribution in [0.5, 0.6) is 0 Å². The predicted molar refractivity (Wildman–Crippen MR) is 123 cm³/mol. The lowest BCUT2D eigenvalue weighted by atomic mass is 10.0. The van der Waals surface area contributed by atoms with Crippen LogP contribution in [0.25, 0.3) is 44.2 Å². The van der Waals surface area contributed by atoms with E-state index in [1.165, 1.54) is 17.6 Å². The van der Waals surface area contributed by atoms with Crippen LogP contribution in [0, 0.1) is 0 Å². The molecule has 5 rings (SSSR count). The molecule has 0 amide bonds. The molecule has 154 valence electrons. The van der Waals surface area contributed by atoms with Crippen molar-refractivity contribution in [2.24, 2.45) is 0 Å². The Morgan fingerprint density at radius 3 is 2.42 bits per heavy atom. The van der Waals surface area contributed by atoms with Crippen LogP contribution in [0.1, 0.15) is 0 Å². The second-order valence-electron chi connectivity index (χ2n) is 7.37. The van der Waals surface area contributed by atoms with Crippen molar-refractivity contribution in [3.8, 4) is 22.4 Å². The van der Waals surface area contributed by atoms with Gasteiger partial charge in [0.2, 0.25) is 10.0 Å². The summed E-state index contributed by atoms with van der Waals surface area (Å²) in [6.07, 6.45) is 6.55. The first-order valence-corrected chi connectivity index (χ1v) is 11.5. The molecule has 0 aliphatic heterocycles. The van der Waals surface area contributed by atoms with E-state index >= 15 is 0 Å². The topological polar surface area (TPSA) is 91.8 Å². The van der Waals surface area contributed by atoms with E-state index in [2.05, 4.69) is 26.2 Å². The van der Waals surface area contributed by atoms with E-state index in [0.717, 1.165) is 44.2 Å². The summed E-state index contributed by atoms with van der Waals surface area (Å²) in [7, 11) is -1.78. The standard InChI is InChI=1S/C23H19N5O2S/c1-28(31(2,29)30)18-8-5-15(6-9-18)23-22-19-12-16(17-4-3-11-24-13-17)7-10-20(19)25-14-21(22)26-27-23/h3-14H,1-2H3,(H,26,27). The molecule has 5 aromatic rings. The maximum atomic E-state index is 11.8. The highest BCUT2D eigenvalue weighted by Crippen LogP contribution is 2.34. The average molecular weight is 430 g/mol. The third-order valence-electron chi connectivity index (χ3n) is 5.39. The van der Waals surface area contributed by atoms with Gasteiger partial charge in [-0.3, -0.25) is 19.4 Å². The second kappa shape index (κ2) is 7.17. The van der Waals surface area contributed by atoms with Gasteiger partial charge in [0.25, 0.3) is 0 Å². The summed E-state index contributed by atoms with van der Waals surface area (Å²) in [6.45, 7) is 0. The van der Waals surface area contributed by atoms with Crippen molar-refractivity contribution < 1.29 is 8.42 Å². The lowest BCUT2D eigenvalue weighted by molar-refractivity contribution is 0.600. The SMILES string of the molecule is CN(c1ccc(-c2n[nH]c3cnc4ccc(-c5cccnc5)cc4c23)cc1)S(C)(=O)=O. The first-order valence-electron chi connectivity index (χ1n) is 9.63. The van der Waals surface area contributed by atoms with Crippen LogP contribution >= 0.6 is 0 Å². The fourth-order valence-electron chi connectivity index (χ4n) is 3.65. The van der Waals surface area contributed by atoms with Gasteiger partial charge in [-0.2, -0.15) is 5.10 Å². The molecule has 3 heterocycles. The molecule has 2 aromatic carbocycles. The minimum atomic E-state index is -3.32. The highest BCUT2D eigenvalue weighted by molar-refractivity contribution is 7.92. The van der Waals surface area contributed by atoms with E-state index in [4.69, 9.17) is 0 Å². The summed E-state index contributed by atoms with van der Waals surface area (Å²) >= 11 is 0. The third kappa shape index (κ3) is 3.40. The molecule has 7 nitrogen and oxygen atoms in total. The molecule has 0 fully saturated rings. The smallest absolute Gasteiger partial charge is 0.231 e. The number of nitrogens with zero attached hydrogens (tertiary/aromatic N) is 4. The van der Waals surface area contributed by atoms with Gasteiger partial charge < -0.3 is 0 Å². The number of hydrogen-bond donors (Lipinski definition) is 1. The molecule has 0 bridgehead atoms. The number of pyridine rings is 2. The fourth-order valence-corrected chi connectivity index (χ4v) is 4.15. The van der Waals surface area contributed by atoms with Gasteiger partial charge in [0.05, 0.1) is 29.2 Å².